The molecule has 1 aliphatic heterocycles. The summed E-state index contributed by atoms with van der Waals surface area (Å²) in [6.07, 6.45) is 0. The number of ether oxygens (including phenoxy) is 2. The molecule has 1 aliphatic rings. The van der Waals surface area contributed by atoms with Gasteiger partial charge < -0.3 is 20.5 Å². The third-order valence-electron chi connectivity index (χ3n) is 3.48. The van der Waals surface area contributed by atoms with E-state index in [9.17, 15) is 0 Å². The second-order valence-electron chi connectivity index (χ2n) is 4.80. The summed E-state index contributed by atoms with van der Waals surface area (Å²) in [7, 11) is 1.63. The SMILES string of the molecule is COc1cc(-c2ccc3c(c2)CNCCO3)ccc1N. The third-order valence-corrected chi connectivity index (χ3v) is 3.48. The van der Waals surface area contributed by atoms with Crippen molar-refractivity contribution >= 4 is 5.69 Å². The van der Waals surface area contributed by atoms with Crippen LogP contribution in [0.2, 0.25) is 0 Å². The molecule has 3 rings (SSSR count). The van der Waals surface area contributed by atoms with E-state index in [0.29, 0.717) is 18.0 Å². The summed E-state index contributed by atoms with van der Waals surface area (Å²) in [5.74, 6) is 1.66. The van der Waals surface area contributed by atoms with Crippen LogP contribution in [0, 0.1) is 0 Å². The highest BCUT2D eigenvalue weighted by molar-refractivity contribution is 5.71. The topological polar surface area (TPSA) is 56.5 Å². The van der Waals surface area contributed by atoms with Gasteiger partial charge in [-0.05, 0) is 35.4 Å². The molecule has 0 amide bonds. The molecule has 3 N–H and O–H groups in total. The lowest BCUT2D eigenvalue weighted by Gasteiger charge is -2.11. The Labute approximate surface area is 118 Å². The smallest absolute Gasteiger partial charge is 0.142 e. The Balaban J connectivity index is 2.00. The number of benzene rings is 2. The van der Waals surface area contributed by atoms with Gasteiger partial charge in [-0.15, -0.1) is 0 Å². The molecule has 104 valence electrons. The van der Waals surface area contributed by atoms with Crippen molar-refractivity contribution in [1.82, 2.24) is 5.32 Å². The molecule has 2 aromatic carbocycles. The zero-order valence-electron chi connectivity index (χ0n) is 11.5. The Bertz CT molecular complexity index is 626. The first-order chi connectivity index (χ1) is 9.78. The lowest BCUT2D eigenvalue weighted by Crippen LogP contribution is -2.16. The normalized spacial score (nSPS) is 14.1. The molecule has 20 heavy (non-hydrogen) atoms. The number of hydrogen-bond donors (Lipinski definition) is 2. The molecular weight excluding hydrogens is 252 g/mol. The number of hydrogen-bond acceptors (Lipinski definition) is 4. The van der Waals surface area contributed by atoms with Crippen molar-refractivity contribution in [1.29, 1.82) is 0 Å². The zero-order valence-corrected chi connectivity index (χ0v) is 11.5. The number of nitrogen functional groups attached to an aromatic ring is 1. The van der Waals surface area contributed by atoms with Crippen LogP contribution in [-0.4, -0.2) is 20.3 Å². The van der Waals surface area contributed by atoms with E-state index < -0.39 is 0 Å². The Hall–Kier alpha value is -2.20. The fraction of sp³-hybridized carbons (Fsp3) is 0.250. The van der Waals surface area contributed by atoms with Gasteiger partial charge in [-0.1, -0.05) is 12.1 Å². The number of nitrogens with two attached hydrogens (primary N) is 1. The molecule has 0 spiro atoms. The standard InChI is InChI=1S/C16H18N2O2/c1-19-16-9-12(2-4-14(16)17)11-3-5-15-13(8-11)10-18-6-7-20-15/h2-5,8-9,18H,6-7,10,17H2,1H3. The van der Waals surface area contributed by atoms with Crippen LogP contribution in [0.4, 0.5) is 5.69 Å². The van der Waals surface area contributed by atoms with Crippen LogP contribution >= 0.6 is 0 Å². The molecule has 0 unspecified atom stereocenters. The molecule has 0 aliphatic carbocycles. The van der Waals surface area contributed by atoms with Gasteiger partial charge in [-0.3, -0.25) is 0 Å². The van der Waals surface area contributed by atoms with Crippen molar-refractivity contribution in [3.63, 3.8) is 0 Å². The first-order valence-corrected chi connectivity index (χ1v) is 6.68. The summed E-state index contributed by atoms with van der Waals surface area (Å²) in [4.78, 5) is 0. The summed E-state index contributed by atoms with van der Waals surface area (Å²) in [6.45, 7) is 2.41. The maximum atomic E-state index is 5.85. The summed E-state index contributed by atoms with van der Waals surface area (Å²) >= 11 is 0. The fourth-order valence-corrected chi connectivity index (χ4v) is 2.38. The minimum absolute atomic E-state index is 0.649. The van der Waals surface area contributed by atoms with E-state index in [1.807, 2.05) is 24.3 Å². The molecule has 0 aromatic heterocycles. The number of anilines is 1. The van der Waals surface area contributed by atoms with Crippen LogP contribution in [0.3, 0.4) is 0 Å². The van der Waals surface area contributed by atoms with Gasteiger partial charge in [-0.25, -0.2) is 0 Å². The molecule has 0 saturated heterocycles. The molecule has 4 nitrogen and oxygen atoms in total. The van der Waals surface area contributed by atoms with Crippen LogP contribution in [0.25, 0.3) is 11.1 Å². The minimum Gasteiger partial charge on any atom is -0.495 e. The maximum absolute atomic E-state index is 5.85. The molecule has 1 heterocycles. The molecule has 0 radical (unpaired) electrons. The van der Waals surface area contributed by atoms with E-state index in [1.165, 1.54) is 5.56 Å². The lowest BCUT2D eigenvalue weighted by molar-refractivity contribution is 0.326. The van der Waals surface area contributed by atoms with E-state index in [-0.39, 0.29) is 0 Å². The molecular formula is C16H18N2O2. The highest BCUT2D eigenvalue weighted by Gasteiger charge is 2.10. The Morgan fingerprint density at radius 2 is 1.95 bits per heavy atom. The Morgan fingerprint density at radius 1 is 1.15 bits per heavy atom. The third kappa shape index (κ3) is 2.42. The second kappa shape index (κ2) is 5.43. The van der Waals surface area contributed by atoms with E-state index in [1.54, 1.807) is 7.11 Å². The number of rotatable bonds is 2. The van der Waals surface area contributed by atoms with Crippen molar-refractivity contribution in [2.45, 2.75) is 6.54 Å². The van der Waals surface area contributed by atoms with E-state index in [4.69, 9.17) is 15.2 Å². The van der Waals surface area contributed by atoms with Gasteiger partial charge in [0.1, 0.15) is 18.1 Å². The Kier molecular flexibility index (Phi) is 3.48. The van der Waals surface area contributed by atoms with Gasteiger partial charge in [0.05, 0.1) is 12.8 Å². The molecule has 0 bridgehead atoms. The van der Waals surface area contributed by atoms with Crippen molar-refractivity contribution in [2.75, 3.05) is 26.0 Å². The number of fused-ring (bicyclic) bond motifs is 1. The highest BCUT2D eigenvalue weighted by Crippen LogP contribution is 2.31. The number of nitrogens with one attached hydrogen (secondary N) is 1. The summed E-state index contributed by atoms with van der Waals surface area (Å²) in [5.41, 5.74) is 9.90. The Morgan fingerprint density at radius 3 is 2.80 bits per heavy atom. The van der Waals surface area contributed by atoms with Crippen molar-refractivity contribution in [3.05, 3.63) is 42.0 Å². The van der Waals surface area contributed by atoms with Gasteiger partial charge in [0.2, 0.25) is 0 Å². The second-order valence-corrected chi connectivity index (χ2v) is 4.80. The van der Waals surface area contributed by atoms with Crippen LogP contribution < -0.4 is 20.5 Å². The van der Waals surface area contributed by atoms with E-state index in [0.717, 1.165) is 30.0 Å². The molecule has 4 heteroatoms. The molecule has 0 saturated carbocycles. The van der Waals surface area contributed by atoms with Crippen molar-refractivity contribution < 1.29 is 9.47 Å². The summed E-state index contributed by atoms with van der Waals surface area (Å²) < 4.78 is 11.0. The largest absolute Gasteiger partial charge is 0.495 e. The monoisotopic (exact) mass is 270 g/mol. The quantitative estimate of drug-likeness (QED) is 0.823. The minimum atomic E-state index is 0.649. The predicted octanol–water partition coefficient (Wildman–Crippen LogP) is 2.43. The fourth-order valence-electron chi connectivity index (χ4n) is 2.38. The highest BCUT2D eigenvalue weighted by atomic mass is 16.5. The van der Waals surface area contributed by atoms with Crippen molar-refractivity contribution in [3.8, 4) is 22.6 Å². The molecule has 0 atom stereocenters. The van der Waals surface area contributed by atoms with Gasteiger partial charge in [-0.2, -0.15) is 0 Å². The van der Waals surface area contributed by atoms with Crippen molar-refractivity contribution in [2.24, 2.45) is 0 Å². The van der Waals surface area contributed by atoms with Crippen LogP contribution in [0.5, 0.6) is 11.5 Å². The summed E-state index contributed by atoms with van der Waals surface area (Å²) in [6, 6.07) is 12.1. The predicted molar refractivity (Wildman–Crippen MR) is 80.0 cm³/mol. The van der Waals surface area contributed by atoms with Gasteiger partial charge in [0.15, 0.2) is 0 Å². The van der Waals surface area contributed by atoms with Crippen LogP contribution in [0.1, 0.15) is 5.56 Å². The maximum Gasteiger partial charge on any atom is 0.142 e. The van der Waals surface area contributed by atoms with Gasteiger partial charge in [0.25, 0.3) is 0 Å². The van der Waals surface area contributed by atoms with E-state index in [2.05, 4.69) is 17.4 Å². The zero-order chi connectivity index (χ0) is 13.9. The van der Waals surface area contributed by atoms with Crippen LogP contribution in [-0.2, 0) is 6.54 Å². The van der Waals surface area contributed by atoms with E-state index >= 15 is 0 Å². The lowest BCUT2D eigenvalue weighted by atomic mass is 10.0. The number of methoxy groups -OCH3 is 1. The average molecular weight is 270 g/mol. The first-order valence-electron chi connectivity index (χ1n) is 6.68. The molecule has 2 aromatic rings. The molecule has 0 fully saturated rings. The van der Waals surface area contributed by atoms with Gasteiger partial charge >= 0.3 is 0 Å². The van der Waals surface area contributed by atoms with Crippen LogP contribution in [0.15, 0.2) is 36.4 Å². The van der Waals surface area contributed by atoms with Gasteiger partial charge in [0, 0.05) is 18.7 Å². The first kappa shape index (κ1) is 12.8. The average Bonchev–Trinajstić information content (AvgIpc) is 2.72. The summed E-state index contributed by atoms with van der Waals surface area (Å²) in [5, 5.41) is 3.34.